The second-order valence-corrected chi connectivity index (χ2v) is 7.06. The van der Waals surface area contributed by atoms with E-state index in [9.17, 15) is 9.59 Å². The Morgan fingerprint density at radius 3 is 2.84 bits per heavy atom. The maximum absolute atomic E-state index is 12.4. The molecule has 8 heteroatoms. The van der Waals surface area contributed by atoms with Gasteiger partial charge in [0, 0.05) is 31.7 Å². The van der Waals surface area contributed by atoms with Crippen LogP contribution in [-0.4, -0.2) is 47.2 Å². The van der Waals surface area contributed by atoms with Crippen LogP contribution in [0.25, 0.3) is 0 Å². The number of aromatic nitrogens is 2. The number of carbonyl (C=O) groups is 2. The zero-order chi connectivity index (χ0) is 17.8. The summed E-state index contributed by atoms with van der Waals surface area (Å²) in [5.41, 5.74) is 1.77. The van der Waals surface area contributed by atoms with Crippen LogP contribution < -0.4 is 10.6 Å². The van der Waals surface area contributed by atoms with Crippen molar-refractivity contribution in [1.29, 1.82) is 0 Å². The highest BCUT2D eigenvalue weighted by Crippen LogP contribution is 2.29. The second-order valence-electron chi connectivity index (χ2n) is 6.05. The largest absolute Gasteiger partial charge is 0.341 e. The first-order valence-corrected chi connectivity index (χ1v) is 9.07. The summed E-state index contributed by atoms with van der Waals surface area (Å²) in [6.07, 6.45) is 1.87. The lowest BCUT2D eigenvalue weighted by atomic mass is 9.99. The number of para-hydroxylation sites is 1. The lowest BCUT2D eigenvalue weighted by Gasteiger charge is -2.31. The van der Waals surface area contributed by atoms with E-state index in [2.05, 4.69) is 20.8 Å². The van der Waals surface area contributed by atoms with E-state index in [4.69, 9.17) is 0 Å². The molecule has 3 rings (SSSR count). The van der Waals surface area contributed by atoms with Crippen LogP contribution in [0.5, 0.6) is 0 Å². The van der Waals surface area contributed by atoms with E-state index in [0.29, 0.717) is 11.6 Å². The Morgan fingerprint density at radius 2 is 2.08 bits per heavy atom. The smallest absolute Gasteiger partial charge is 0.317 e. The molecule has 25 heavy (non-hydrogen) atoms. The summed E-state index contributed by atoms with van der Waals surface area (Å²) in [7, 11) is 1.63. The summed E-state index contributed by atoms with van der Waals surface area (Å²) >= 11 is 1.30. The Kier molecular flexibility index (Phi) is 5.28. The molecule has 0 radical (unpaired) electrons. The van der Waals surface area contributed by atoms with Gasteiger partial charge in [-0.2, -0.15) is 0 Å². The number of hydrogen-bond acceptors (Lipinski definition) is 5. The SMILES string of the molecule is CNC(=O)N1CCCC(c2nnc(C(=O)Nc3ccccc3C)s2)C1. The summed E-state index contributed by atoms with van der Waals surface area (Å²) in [6, 6.07) is 7.53. The van der Waals surface area contributed by atoms with E-state index in [-0.39, 0.29) is 17.9 Å². The molecule has 1 fully saturated rings. The zero-order valence-corrected chi connectivity index (χ0v) is 15.1. The highest BCUT2D eigenvalue weighted by molar-refractivity contribution is 7.13. The number of urea groups is 1. The Morgan fingerprint density at radius 1 is 1.28 bits per heavy atom. The lowest BCUT2D eigenvalue weighted by Crippen LogP contribution is -2.43. The molecule has 1 atom stereocenters. The van der Waals surface area contributed by atoms with Gasteiger partial charge >= 0.3 is 6.03 Å². The second kappa shape index (κ2) is 7.60. The molecular weight excluding hydrogens is 338 g/mol. The Hall–Kier alpha value is -2.48. The summed E-state index contributed by atoms with van der Waals surface area (Å²) in [6.45, 7) is 3.29. The van der Waals surface area contributed by atoms with Crippen molar-refractivity contribution in [3.8, 4) is 0 Å². The summed E-state index contributed by atoms with van der Waals surface area (Å²) in [4.78, 5) is 26.0. The molecule has 1 aliphatic rings. The third-order valence-corrected chi connectivity index (χ3v) is 5.38. The topological polar surface area (TPSA) is 87.2 Å². The molecule has 1 aromatic carbocycles. The molecule has 2 N–H and O–H groups in total. The number of nitrogens with zero attached hydrogens (tertiary/aromatic N) is 3. The van der Waals surface area contributed by atoms with Crippen molar-refractivity contribution in [3.05, 3.63) is 39.8 Å². The number of nitrogens with one attached hydrogen (secondary N) is 2. The maximum Gasteiger partial charge on any atom is 0.317 e. The van der Waals surface area contributed by atoms with Crippen molar-refractivity contribution in [2.75, 3.05) is 25.5 Å². The maximum atomic E-state index is 12.4. The van der Waals surface area contributed by atoms with Crippen molar-refractivity contribution < 1.29 is 9.59 Å². The molecule has 132 valence electrons. The fourth-order valence-corrected chi connectivity index (χ4v) is 3.77. The average Bonchev–Trinajstić information content (AvgIpc) is 3.13. The molecule has 7 nitrogen and oxygen atoms in total. The van der Waals surface area contributed by atoms with Gasteiger partial charge in [-0.05, 0) is 31.4 Å². The van der Waals surface area contributed by atoms with Crippen LogP contribution >= 0.6 is 11.3 Å². The van der Waals surface area contributed by atoms with Crippen molar-refractivity contribution >= 4 is 29.0 Å². The molecule has 1 aliphatic heterocycles. The first-order valence-electron chi connectivity index (χ1n) is 8.25. The predicted molar refractivity (Wildman–Crippen MR) is 97.0 cm³/mol. The van der Waals surface area contributed by atoms with E-state index >= 15 is 0 Å². The summed E-state index contributed by atoms with van der Waals surface area (Å²) in [5.74, 6) is -0.124. The first-order chi connectivity index (χ1) is 12.1. The molecule has 2 heterocycles. The predicted octanol–water partition coefficient (Wildman–Crippen LogP) is 2.62. The molecule has 0 aliphatic carbocycles. The molecule has 0 bridgehead atoms. The van der Waals surface area contributed by atoms with Gasteiger partial charge in [-0.25, -0.2) is 4.79 Å². The Labute approximate surface area is 150 Å². The van der Waals surface area contributed by atoms with Crippen LogP contribution in [0.15, 0.2) is 24.3 Å². The number of aryl methyl sites for hydroxylation is 1. The van der Waals surface area contributed by atoms with Crippen molar-refractivity contribution in [2.24, 2.45) is 0 Å². The minimum absolute atomic E-state index is 0.0771. The van der Waals surface area contributed by atoms with E-state index in [1.54, 1.807) is 11.9 Å². The van der Waals surface area contributed by atoms with Gasteiger partial charge in [-0.15, -0.1) is 10.2 Å². The number of hydrogen-bond donors (Lipinski definition) is 2. The average molecular weight is 359 g/mol. The summed E-state index contributed by atoms with van der Waals surface area (Å²) in [5, 5.41) is 14.9. The van der Waals surface area contributed by atoms with Gasteiger partial charge < -0.3 is 15.5 Å². The van der Waals surface area contributed by atoms with Crippen molar-refractivity contribution in [2.45, 2.75) is 25.7 Å². The van der Waals surface area contributed by atoms with Crippen LogP contribution in [0, 0.1) is 6.92 Å². The molecule has 3 amide bonds. The molecule has 1 saturated heterocycles. The quantitative estimate of drug-likeness (QED) is 0.882. The highest BCUT2D eigenvalue weighted by atomic mass is 32.1. The monoisotopic (exact) mass is 359 g/mol. The Bertz CT molecular complexity index is 776. The number of likely N-dealkylation sites (tertiary alicyclic amines) is 1. The van der Waals surface area contributed by atoms with Crippen LogP contribution in [0.1, 0.15) is 39.1 Å². The van der Waals surface area contributed by atoms with Crippen LogP contribution in [0.3, 0.4) is 0 Å². The molecule has 0 saturated carbocycles. The van der Waals surface area contributed by atoms with Gasteiger partial charge in [-0.3, -0.25) is 4.79 Å². The van der Waals surface area contributed by atoms with Crippen molar-refractivity contribution in [3.63, 3.8) is 0 Å². The molecule has 2 aromatic rings. The van der Waals surface area contributed by atoms with Gasteiger partial charge in [0.15, 0.2) is 0 Å². The first kappa shape index (κ1) is 17.3. The fourth-order valence-electron chi connectivity index (χ4n) is 2.90. The lowest BCUT2D eigenvalue weighted by molar-refractivity contribution is 0.102. The van der Waals surface area contributed by atoms with Gasteiger partial charge in [-0.1, -0.05) is 29.5 Å². The Balaban J connectivity index is 1.68. The van der Waals surface area contributed by atoms with E-state index in [0.717, 1.165) is 35.6 Å². The minimum Gasteiger partial charge on any atom is -0.341 e. The number of anilines is 1. The minimum atomic E-state index is -0.253. The van der Waals surface area contributed by atoms with E-state index in [1.165, 1.54) is 11.3 Å². The van der Waals surface area contributed by atoms with Gasteiger partial charge in [0.1, 0.15) is 5.01 Å². The molecule has 0 spiro atoms. The molecule has 1 aromatic heterocycles. The fraction of sp³-hybridized carbons (Fsp3) is 0.412. The number of carbonyl (C=O) groups excluding carboxylic acids is 2. The van der Waals surface area contributed by atoms with Crippen LogP contribution in [0.2, 0.25) is 0 Å². The molecular formula is C17H21N5O2S. The number of benzene rings is 1. The van der Waals surface area contributed by atoms with Crippen molar-refractivity contribution in [1.82, 2.24) is 20.4 Å². The normalized spacial score (nSPS) is 17.2. The van der Waals surface area contributed by atoms with Gasteiger partial charge in [0.05, 0.1) is 0 Å². The van der Waals surface area contributed by atoms with Crippen LogP contribution in [0.4, 0.5) is 10.5 Å². The molecule has 1 unspecified atom stereocenters. The zero-order valence-electron chi connectivity index (χ0n) is 14.3. The third kappa shape index (κ3) is 3.96. The number of piperidine rings is 1. The van der Waals surface area contributed by atoms with E-state index in [1.807, 2.05) is 31.2 Å². The van der Waals surface area contributed by atoms with Gasteiger partial charge in [0.25, 0.3) is 5.91 Å². The van der Waals surface area contributed by atoms with Gasteiger partial charge in [0.2, 0.25) is 5.01 Å². The third-order valence-electron chi connectivity index (χ3n) is 4.30. The van der Waals surface area contributed by atoms with Crippen LogP contribution in [-0.2, 0) is 0 Å². The number of rotatable bonds is 3. The number of amides is 3. The summed E-state index contributed by atoms with van der Waals surface area (Å²) < 4.78 is 0. The highest BCUT2D eigenvalue weighted by Gasteiger charge is 2.27. The van der Waals surface area contributed by atoms with E-state index < -0.39 is 0 Å². The standard InChI is InChI=1S/C17H21N5O2S/c1-11-6-3-4-8-13(11)19-14(23)16-21-20-15(25-16)12-7-5-9-22(10-12)17(24)18-2/h3-4,6,8,12H,5,7,9-10H2,1-2H3,(H,18,24)(H,19,23).